The highest BCUT2D eigenvalue weighted by molar-refractivity contribution is 5.92. The van der Waals surface area contributed by atoms with E-state index in [1.165, 1.54) is 12.1 Å². The number of pyridine rings is 1. The first-order valence-corrected chi connectivity index (χ1v) is 11.7. The van der Waals surface area contributed by atoms with Crippen LogP contribution in [0.4, 0.5) is 14.6 Å². The number of nitrogens with one attached hydrogen (secondary N) is 2. The Morgan fingerprint density at radius 2 is 1.80 bits per heavy atom. The standard InChI is InChI=1S/C26H23F2N5O2/c27-15-9-17-18(12-30-24(17)29-11-15)25-31-20(16-3-1-2-4-19(16)28)10-21(33-25)32-23-14-7-5-13(6-8-14)22(23)26(34)35/h1-4,9-14,22-23H,5-8H2,(H,29,30)(H,34,35)(H,31,32,33). The van der Waals surface area contributed by atoms with Gasteiger partial charge < -0.3 is 15.4 Å². The van der Waals surface area contributed by atoms with Crippen molar-refractivity contribution in [1.82, 2.24) is 19.9 Å². The summed E-state index contributed by atoms with van der Waals surface area (Å²) in [6, 6.07) is 9.03. The van der Waals surface area contributed by atoms with Gasteiger partial charge in [0.05, 0.1) is 17.8 Å². The summed E-state index contributed by atoms with van der Waals surface area (Å²) in [6.07, 6.45) is 6.54. The Kier molecular flexibility index (Phi) is 5.20. The first-order chi connectivity index (χ1) is 17.0. The van der Waals surface area contributed by atoms with E-state index >= 15 is 0 Å². The average molecular weight is 475 g/mol. The fourth-order valence-corrected chi connectivity index (χ4v) is 5.79. The van der Waals surface area contributed by atoms with Crippen LogP contribution in [0.2, 0.25) is 0 Å². The minimum absolute atomic E-state index is 0.130. The summed E-state index contributed by atoms with van der Waals surface area (Å²) in [4.78, 5) is 28.5. The average Bonchev–Trinajstić information content (AvgIpc) is 3.27. The molecule has 3 heterocycles. The lowest BCUT2D eigenvalue weighted by Gasteiger charge is -2.47. The molecule has 3 N–H and O–H groups in total. The van der Waals surface area contributed by atoms with Crippen LogP contribution < -0.4 is 5.32 Å². The van der Waals surface area contributed by atoms with Crippen LogP contribution in [0.25, 0.3) is 33.7 Å². The minimum atomic E-state index is -0.807. The second kappa shape index (κ2) is 8.41. The van der Waals surface area contributed by atoms with Crippen LogP contribution in [-0.4, -0.2) is 37.1 Å². The highest BCUT2D eigenvalue weighted by Gasteiger charge is 2.47. The first kappa shape index (κ1) is 21.6. The van der Waals surface area contributed by atoms with E-state index in [-0.39, 0.29) is 23.7 Å². The molecule has 3 fully saturated rings. The van der Waals surface area contributed by atoms with Crippen molar-refractivity contribution in [2.24, 2.45) is 17.8 Å². The monoisotopic (exact) mass is 475 g/mol. The second-order valence-electron chi connectivity index (χ2n) is 9.40. The highest BCUT2D eigenvalue weighted by Crippen LogP contribution is 2.46. The molecule has 3 aliphatic rings. The van der Waals surface area contributed by atoms with Crippen molar-refractivity contribution < 1.29 is 18.7 Å². The quantitative estimate of drug-likeness (QED) is 0.364. The molecule has 0 spiro atoms. The van der Waals surface area contributed by atoms with E-state index in [0.29, 0.717) is 33.7 Å². The number of hydrogen-bond donors (Lipinski definition) is 3. The van der Waals surface area contributed by atoms with E-state index in [2.05, 4.69) is 25.3 Å². The summed E-state index contributed by atoms with van der Waals surface area (Å²) in [6.45, 7) is 0. The normalized spacial score (nSPS) is 23.5. The molecule has 1 aromatic carbocycles. The van der Waals surface area contributed by atoms with E-state index in [9.17, 15) is 18.7 Å². The van der Waals surface area contributed by atoms with E-state index in [1.54, 1.807) is 30.5 Å². The number of carbonyl (C=O) groups is 1. The third-order valence-electron chi connectivity index (χ3n) is 7.43. The van der Waals surface area contributed by atoms with Crippen LogP contribution in [-0.2, 0) is 4.79 Å². The topological polar surface area (TPSA) is 104 Å². The van der Waals surface area contributed by atoms with Gasteiger partial charge in [-0.3, -0.25) is 4.79 Å². The van der Waals surface area contributed by atoms with Crippen molar-refractivity contribution in [3.63, 3.8) is 0 Å². The van der Waals surface area contributed by atoms with Gasteiger partial charge in [0.25, 0.3) is 0 Å². The van der Waals surface area contributed by atoms with Crippen LogP contribution >= 0.6 is 0 Å². The zero-order chi connectivity index (χ0) is 24.1. The maximum atomic E-state index is 14.7. The third-order valence-corrected chi connectivity index (χ3v) is 7.43. The number of anilines is 1. The molecule has 9 heteroatoms. The van der Waals surface area contributed by atoms with Gasteiger partial charge in [0.15, 0.2) is 5.82 Å². The van der Waals surface area contributed by atoms with Gasteiger partial charge in [0.2, 0.25) is 0 Å². The largest absolute Gasteiger partial charge is 0.481 e. The molecule has 2 atom stereocenters. The Balaban J connectivity index is 1.48. The molecule has 3 saturated carbocycles. The van der Waals surface area contributed by atoms with Crippen LogP contribution in [0, 0.1) is 29.4 Å². The molecule has 2 unspecified atom stereocenters. The Labute approximate surface area is 199 Å². The number of aromatic nitrogens is 4. The van der Waals surface area contributed by atoms with Crippen molar-refractivity contribution in [2.45, 2.75) is 31.7 Å². The van der Waals surface area contributed by atoms with Gasteiger partial charge in [-0.2, -0.15) is 0 Å². The van der Waals surface area contributed by atoms with Gasteiger partial charge in [-0.25, -0.2) is 23.7 Å². The predicted octanol–water partition coefficient (Wildman–Crippen LogP) is 5.27. The zero-order valence-corrected chi connectivity index (χ0v) is 18.7. The SMILES string of the molecule is O=C(O)C1C2CCC(CC2)C1Nc1cc(-c2ccccc2F)nc(-c2c[nH]c3ncc(F)cc23)n1. The molecule has 3 aliphatic carbocycles. The Morgan fingerprint density at radius 1 is 1.03 bits per heavy atom. The summed E-state index contributed by atoms with van der Waals surface area (Å²) < 4.78 is 28.7. The third kappa shape index (κ3) is 3.80. The smallest absolute Gasteiger partial charge is 0.308 e. The molecular weight excluding hydrogens is 452 g/mol. The zero-order valence-electron chi connectivity index (χ0n) is 18.7. The Bertz CT molecular complexity index is 1430. The lowest BCUT2D eigenvalue weighted by atomic mass is 9.61. The lowest BCUT2D eigenvalue weighted by molar-refractivity contribution is -0.148. The van der Waals surface area contributed by atoms with Crippen molar-refractivity contribution in [2.75, 3.05) is 5.32 Å². The Morgan fingerprint density at radius 3 is 2.57 bits per heavy atom. The fourth-order valence-electron chi connectivity index (χ4n) is 5.79. The predicted molar refractivity (Wildman–Crippen MR) is 126 cm³/mol. The number of carboxylic acid groups (broad SMARTS) is 1. The van der Waals surface area contributed by atoms with Crippen molar-refractivity contribution in [1.29, 1.82) is 0 Å². The molecule has 3 aromatic heterocycles. The molecule has 7 nitrogen and oxygen atoms in total. The number of hydrogen-bond acceptors (Lipinski definition) is 5. The van der Waals surface area contributed by atoms with E-state index in [4.69, 9.17) is 0 Å². The molecule has 178 valence electrons. The van der Waals surface area contributed by atoms with Gasteiger partial charge in [-0.05, 0) is 55.7 Å². The number of nitrogens with zero attached hydrogens (tertiary/aromatic N) is 3. The fraction of sp³-hybridized carbons (Fsp3) is 0.308. The van der Waals surface area contributed by atoms with Crippen molar-refractivity contribution in [3.05, 3.63) is 60.4 Å². The maximum Gasteiger partial charge on any atom is 0.308 e. The highest BCUT2D eigenvalue weighted by atomic mass is 19.1. The van der Waals surface area contributed by atoms with Crippen LogP contribution in [0.5, 0.6) is 0 Å². The maximum absolute atomic E-state index is 14.7. The number of H-pyrrole nitrogens is 1. The number of aromatic amines is 1. The molecule has 2 bridgehead atoms. The molecule has 7 rings (SSSR count). The number of carboxylic acids is 1. The molecular formula is C26H23F2N5O2. The summed E-state index contributed by atoms with van der Waals surface area (Å²) in [5.74, 6) is -1.22. The number of fused-ring (bicyclic) bond motifs is 4. The summed E-state index contributed by atoms with van der Waals surface area (Å²) >= 11 is 0. The van der Waals surface area contributed by atoms with Gasteiger partial charge >= 0.3 is 5.97 Å². The minimum Gasteiger partial charge on any atom is -0.481 e. The van der Waals surface area contributed by atoms with E-state index < -0.39 is 23.5 Å². The van der Waals surface area contributed by atoms with Crippen LogP contribution in [0.1, 0.15) is 25.7 Å². The summed E-state index contributed by atoms with van der Waals surface area (Å²) in [5.41, 5.74) is 1.64. The number of aliphatic carboxylic acids is 1. The molecule has 0 aliphatic heterocycles. The number of halogens is 2. The number of benzene rings is 1. The van der Waals surface area contributed by atoms with E-state index in [1.807, 2.05) is 0 Å². The van der Waals surface area contributed by atoms with Gasteiger partial charge in [-0.1, -0.05) is 12.1 Å². The van der Waals surface area contributed by atoms with Gasteiger partial charge in [-0.15, -0.1) is 0 Å². The molecule has 4 aromatic rings. The lowest BCUT2D eigenvalue weighted by Crippen LogP contribution is -2.51. The first-order valence-electron chi connectivity index (χ1n) is 11.7. The second-order valence-corrected chi connectivity index (χ2v) is 9.40. The Hall–Kier alpha value is -3.88. The summed E-state index contributed by atoms with van der Waals surface area (Å²) in [5, 5.41) is 13.8. The van der Waals surface area contributed by atoms with Gasteiger partial charge in [0, 0.05) is 34.8 Å². The van der Waals surface area contributed by atoms with Crippen molar-refractivity contribution in [3.8, 4) is 22.6 Å². The number of rotatable bonds is 5. The van der Waals surface area contributed by atoms with Gasteiger partial charge in [0.1, 0.15) is 23.1 Å². The van der Waals surface area contributed by atoms with Crippen LogP contribution in [0.3, 0.4) is 0 Å². The molecule has 0 radical (unpaired) electrons. The molecule has 0 saturated heterocycles. The van der Waals surface area contributed by atoms with Crippen molar-refractivity contribution >= 4 is 22.8 Å². The molecule has 35 heavy (non-hydrogen) atoms. The van der Waals surface area contributed by atoms with Crippen LogP contribution in [0.15, 0.2) is 48.8 Å². The summed E-state index contributed by atoms with van der Waals surface area (Å²) in [7, 11) is 0. The van der Waals surface area contributed by atoms with E-state index in [0.717, 1.165) is 31.9 Å². The molecule has 0 amide bonds.